The lowest BCUT2D eigenvalue weighted by atomic mass is 9.94. The maximum atomic E-state index is 3.58. The van der Waals surface area contributed by atoms with Gasteiger partial charge in [-0.25, -0.2) is 0 Å². The summed E-state index contributed by atoms with van der Waals surface area (Å²) in [7, 11) is 0. The van der Waals surface area contributed by atoms with Crippen molar-refractivity contribution in [1.29, 1.82) is 0 Å². The molecule has 0 aliphatic carbocycles. The van der Waals surface area contributed by atoms with Crippen LogP contribution in [0, 0.1) is 0 Å². The number of hydrogen-bond acceptors (Lipinski definition) is 1. The number of hydrogen-bond donors (Lipinski definition) is 2. The Morgan fingerprint density at radius 1 is 0.591 bits per heavy atom. The van der Waals surface area contributed by atoms with Crippen LogP contribution in [0.1, 0.15) is 0 Å². The third-order valence-corrected chi connectivity index (χ3v) is 4.38. The maximum Gasteiger partial charge on any atom is 0.116 e. The predicted octanol–water partition coefficient (Wildman–Crippen LogP) is 5.56. The van der Waals surface area contributed by atoms with Crippen LogP contribution in [0.15, 0.2) is 72.8 Å². The zero-order valence-corrected chi connectivity index (χ0v) is 11.9. The molecule has 0 bridgehead atoms. The fraction of sp³-hybridized carbons (Fsp3) is 0. The summed E-state index contributed by atoms with van der Waals surface area (Å²) in [6.07, 6.45) is 0. The van der Waals surface area contributed by atoms with Gasteiger partial charge in [0.1, 0.15) is 5.82 Å². The average Bonchev–Trinajstić information content (AvgIpc) is 2.86. The molecule has 22 heavy (non-hydrogen) atoms. The number of H-pyrrole nitrogens is 1. The number of rotatable bonds is 0. The Morgan fingerprint density at radius 3 is 2.18 bits per heavy atom. The molecule has 0 radical (unpaired) electrons. The Kier molecular flexibility index (Phi) is 2.25. The molecule has 3 aromatic carbocycles. The highest BCUT2D eigenvalue weighted by Gasteiger charge is 2.21. The molecule has 2 heterocycles. The Balaban J connectivity index is 1.96. The Labute approximate surface area is 128 Å². The van der Waals surface area contributed by atoms with Gasteiger partial charge in [-0.05, 0) is 23.3 Å². The molecule has 2 nitrogen and oxygen atoms in total. The number of aromatic nitrogens is 1. The molecular formula is C20H14N2. The van der Waals surface area contributed by atoms with Crippen molar-refractivity contribution in [2.24, 2.45) is 0 Å². The molecule has 0 fully saturated rings. The summed E-state index contributed by atoms with van der Waals surface area (Å²) in [4.78, 5) is 3.53. The van der Waals surface area contributed by atoms with Crippen LogP contribution >= 0.6 is 0 Å². The molecule has 104 valence electrons. The second-order valence-electron chi connectivity index (χ2n) is 5.64. The van der Waals surface area contributed by atoms with E-state index in [2.05, 4.69) is 83.1 Å². The fourth-order valence-electron chi connectivity index (χ4n) is 3.41. The first-order valence-electron chi connectivity index (χ1n) is 7.48. The van der Waals surface area contributed by atoms with E-state index in [1.807, 2.05) is 0 Å². The normalized spacial score (nSPS) is 12.0. The van der Waals surface area contributed by atoms with Crippen molar-refractivity contribution in [3.8, 4) is 22.3 Å². The minimum atomic E-state index is 1.07. The van der Waals surface area contributed by atoms with Crippen molar-refractivity contribution in [2.45, 2.75) is 0 Å². The highest BCUT2D eigenvalue weighted by molar-refractivity contribution is 6.09. The van der Waals surface area contributed by atoms with Gasteiger partial charge in [-0.15, -0.1) is 0 Å². The maximum absolute atomic E-state index is 3.58. The van der Waals surface area contributed by atoms with E-state index in [9.17, 15) is 0 Å². The van der Waals surface area contributed by atoms with Gasteiger partial charge in [0.15, 0.2) is 0 Å². The summed E-state index contributed by atoms with van der Waals surface area (Å²) in [5.41, 5.74) is 7.34. The first-order chi connectivity index (χ1) is 10.9. The largest absolute Gasteiger partial charge is 0.341 e. The monoisotopic (exact) mass is 282 g/mol. The van der Waals surface area contributed by atoms with Crippen molar-refractivity contribution in [3.05, 3.63) is 72.8 Å². The fourth-order valence-corrected chi connectivity index (χ4v) is 3.41. The van der Waals surface area contributed by atoms with E-state index in [1.165, 1.54) is 27.6 Å². The Hall–Kier alpha value is -3.00. The van der Waals surface area contributed by atoms with Gasteiger partial charge in [0.25, 0.3) is 0 Å². The molecule has 0 amide bonds. The van der Waals surface area contributed by atoms with Crippen LogP contribution in [0.4, 0.5) is 11.5 Å². The van der Waals surface area contributed by atoms with Gasteiger partial charge in [-0.2, -0.15) is 0 Å². The smallest absolute Gasteiger partial charge is 0.116 e. The van der Waals surface area contributed by atoms with Gasteiger partial charge >= 0.3 is 0 Å². The van der Waals surface area contributed by atoms with Gasteiger partial charge in [-0.3, -0.25) is 0 Å². The first kappa shape index (κ1) is 11.6. The quantitative estimate of drug-likeness (QED) is 0.382. The minimum Gasteiger partial charge on any atom is -0.341 e. The molecule has 0 saturated heterocycles. The lowest BCUT2D eigenvalue weighted by Gasteiger charge is -2.09. The second-order valence-corrected chi connectivity index (χ2v) is 5.64. The number of aromatic amines is 1. The second kappa shape index (κ2) is 4.25. The van der Waals surface area contributed by atoms with E-state index >= 15 is 0 Å². The van der Waals surface area contributed by atoms with E-state index in [-0.39, 0.29) is 0 Å². The Bertz CT molecular complexity index is 1010. The molecule has 4 aromatic rings. The van der Waals surface area contributed by atoms with Gasteiger partial charge in [0.2, 0.25) is 0 Å². The first-order valence-corrected chi connectivity index (χ1v) is 7.48. The van der Waals surface area contributed by atoms with Crippen molar-refractivity contribution < 1.29 is 0 Å². The molecule has 0 spiro atoms. The van der Waals surface area contributed by atoms with Crippen LogP contribution in [-0.4, -0.2) is 4.98 Å². The van der Waals surface area contributed by atoms with E-state index in [0.29, 0.717) is 0 Å². The minimum absolute atomic E-state index is 1.07. The van der Waals surface area contributed by atoms with Crippen LogP contribution < -0.4 is 5.32 Å². The zero-order valence-electron chi connectivity index (χ0n) is 11.9. The standard InChI is InChI=1S/C20H14N2/c1-2-9-15-13(7-1)14-8-3-5-11-17(14)21-20-19(15)16-10-4-6-12-18(16)22-20/h1-12,21-22H. The molecule has 5 rings (SSSR count). The van der Waals surface area contributed by atoms with Crippen molar-refractivity contribution in [2.75, 3.05) is 5.32 Å². The van der Waals surface area contributed by atoms with Crippen molar-refractivity contribution in [1.82, 2.24) is 4.98 Å². The molecule has 1 aliphatic rings. The lowest BCUT2D eigenvalue weighted by Crippen LogP contribution is -1.91. The van der Waals surface area contributed by atoms with Crippen molar-refractivity contribution in [3.63, 3.8) is 0 Å². The molecule has 0 atom stereocenters. The van der Waals surface area contributed by atoms with Crippen LogP contribution in [0.25, 0.3) is 33.2 Å². The highest BCUT2D eigenvalue weighted by atomic mass is 15.0. The molecular weight excluding hydrogens is 268 g/mol. The highest BCUT2D eigenvalue weighted by Crippen LogP contribution is 2.46. The molecule has 2 heteroatoms. The Morgan fingerprint density at radius 2 is 1.27 bits per heavy atom. The van der Waals surface area contributed by atoms with Gasteiger partial charge < -0.3 is 10.3 Å². The van der Waals surface area contributed by atoms with Gasteiger partial charge in [0.05, 0.1) is 0 Å². The van der Waals surface area contributed by atoms with Gasteiger partial charge in [-0.1, -0.05) is 60.7 Å². The third kappa shape index (κ3) is 1.49. The van der Waals surface area contributed by atoms with E-state index < -0.39 is 0 Å². The van der Waals surface area contributed by atoms with Crippen LogP contribution in [-0.2, 0) is 0 Å². The molecule has 0 saturated carbocycles. The summed E-state index contributed by atoms with van der Waals surface area (Å²) >= 11 is 0. The molecule has 0 unspecified atom stereocenters. The van der Waals surface area contributed by atoms with E-state index in [1.54, 1.807) is 0 Å². The average molecular weight is 282 g/mol. The van der Waals surface area contributed by atoms with E-state index in [0.717, 1.165) is 17.0 Å². The predicted molar refractivity (Wildman–Crippen MR) is 92.5 cm³/mol. The molecule has 1 aromatic heterocycles. The number of para-hydroxylation sites is 2. The summed E-state index contributed by atoms with van der Waals surface area (Å²) in [5, 5.41) is 4.84. The van der Waals surface area contributed by atoms with Crippen LogP contribution in [0.5, 0.6) is 0 Å². The number of nitrogens with one attached hydrogen (secondary N) is 2. The molecule has 2 N–H and O–H groups in total. The summed E-state index contributed by atoms with van der Waals surface area (Å²) in [6, 6.07) is 25.6. The van der Waals surface area contributed by atoms with Crippen molar-refractivity contribution >= 4 is 22.4 Å². The van der Waals surface area contributed by atoms with Crippen LogP contribution in [0.2, 0.25) is 0 Å². The van der Waals surface area contributed by atoms with E-state index in [4.69, 9.17) is 0 Å². The summed E-state index contributed by atoms with van der Waals surface area (Å²) in [5.74, 6) is 1.07. The zero-order chi connectivity index (χ0) is 14.5. The van der Waals surface area contributed by atoms with Gasteiger partial charge in [0, 0.05) is 27.7 Å². The SMILES string of the molecule is c1ccc2c(c1)Nc1[nH]c3ccccc3c1-c1ccccc1-2. The van der Waals surface area contributed by atoms with Crippen LogP contribution in [0.3, 0.4) is 0 Å². The summed E-state index contributed by atoms with van der Waals surface area (Å²) < 4.78 is 0. The third-order valence-electron chi connectivity index (χ3n) is 4.38. The summed E-state index contributed by atoms with van der Waals surface area (Å²) in [6.45, 7) is 0. The topological polar surface area (TPSA) is 27.8 Å². The number of anilines is 2. The number of fused-ring (bicyclic) bond motifs is 7. The lowest BCUT2D eigenvalue weighted by molar-refractivity contribution is 1.43. The number of benzene rings is 3. The molecule has 1 aliphatic heterocycles.